The molecule has 0 aliphatic heterocycles. The quantitative estimate of drug-likeness (QED) is 0.840. The van der Waals surface area contributed by atoms with Gasteiger partial charge in [0.2, 0.25) is 0 Å². The highest BCUT2D eigenvalue weighted by Gasteiger charge is 2.70. The average Bonchev–Trinajstić information content (AvgIpc) is 3.33. The van der Waals surface area contributed by atoms with Gasteiger partial charge < -0.3 is 10.8 Å². The summed E-state index contributed by atoms with van der Waals surface area (Å²) in [5, 5.41) is 9.24. The predicted octanol–water partition coefficient (Wildman–Crippen LogP) is 2.13. The van der Waals surface area contributed by atoms with Crippen molar-refractivity contribution < 1.29 is 13.5 Å². The van der Waals surface area contributed by atoms with E-state index in [-0.39, 0.29) is 24.0 Å². The Hall–Kier alpha value is -1.69. The zero-order valence-corrected chi connectivity index (χ0v) is 14.5. The van der Waals surface area contributed by atoms with Crippen molar-refractivity contribution >= 4 is 9.84 Å². The first-order valence-corrected chi connectivity index (χ1v) is 9.74. The predicted molar refractivity (Wildman–Crippen MR) is 94.6 cm³/mol. The van der Waals surface area contributed by atoms with Crippen molar-refractivity contribution in [1.82, 2.24) is 0 Å². The van der Waals surface area contributed by atoms with Crippen molar-refractivity contribution in [3.63, 3.8) is 0 Å². The molecule has 3 N–H and O–H groups in total. The van der Waals surface area contributed by atoms with Crippen molar-refractivity contribution in [2.45, 2.75) is 29.4 Å². The van der Waals surface area contributed by atoms with Gasteiger partial charge in [0.1, 0.15) is 0 Å². The highest BCUT2D eigenvalue weighted by molar-refractivity contribution is 7.92. The molecule has 0 amide bonds. The van der Waals surface area contributed by atoms with Crippen LogP contribution in [0.4, 0.5) is 0 Å². The van der Waals surface area contributed by atoms with Gasteiger partial charge in [-0.25, -0.2) is 8.42 Å². The SMILES string of the molecule is CCc1ccc([C@@H]2[C@H](S(=O)(=O)c3ccccc3)[C@]2(CN)CO)cc1. The van der Waals surface area contributed by atoms with E-state index in [4.69, 9.17) is 5.73 Å². The van der Waals surface area contributed by atoms with E-state index in [2.05, 4.69) is 6.92 Å². The number of hydrogen-bond donors (Lipinski definition) is 2. The van der Waals surface area contributed by atoms with Gasteiger partial charge in [0.05, 0.1) is 16.8 Å². The van der Waals surface area contributed by atoms with E-state index in [0.717, 1.165) is 12.0 Å². The van der Waals surface area contributed by atoms with Crippen molar-refractivity contribution in [2.75, 3.05) is 13.2 Å². The molecule has 0 spiro atoms. The molecule has 24 heavy (non-hydrogen) atoms. The number of aliphatic hydroxyl groups is 1. The van der Waals surface area contributed by atoms with Gasteiger partial charge in [-0.3, -0.25) is 0 Å². The molecule has 0 heterocycles. The zero-order chi connectivity index (χ0) is 17.4. The summed E-state index contributed by atoms with van der Waals surface area (Å²) in [5.41, 5.74) is 7.23. The van der Waals surface area contributed by atoms with Crippen LogP contribution in [0, 0.1) is 5.41 Å². The van der Waals surface area contributed by atoms with Gasteiger partial charge in [0, 0.05) is 17.9 Å². The van der Waals surface area contributed by atoms with E-state index < -0.39 is 20.5 Å². The first-order valence-electron chi connectivity index (χ1n) is 8.20. The Morgan fingerprint density at radius 3 is 2.21 bits per heavy atom. The number of aliphatic hydroxyl groups excluding tert-OH is 1. The minimum Gasteiger partial charge on any atom is -0.396 e. The molecule has 1 aliphatic rings. The Bertz CT molecular complexity index is 796. The molecule has 5 heteroatoms. The highest BCUT2D eigenvalue weighted by Crippen LogP contribution is 2.63. The minimum atomic E-state index is -3.55. The summed E-state index contributed by atoms with van der Waals surface area (Å²) in [6.07, 6.45) is 0.929. The van der Waals surface area contributed by atoms with Gasteiger partial charge in [-0.1, -0.05) is 49.4 Å². The Morgan fingerprint density at radius 1 is 1.08 bits per heavy atom. The Morgan fingerprint density at radius 2 is 1.71 bits per heavy atom. The van der Waals surface area contributed by atoms with Gasteiger partial charge >= 0.3 is 0 Å². The molecule has 2 aromatic carbocycles. The number of hydrogen-bond acceptors (Lipinski definition) is 4. The number of benzene rings is 2. The van der Waals surface area contributed by atoms with E-state index in [1.807, 2.05) is 24.3 Å². The summed E-state index contributed by atoms with van der Waals surface area (Å²) in [5.74, 6) is -0.274. The van der Waals surface area contributed by atoms with Crippen LogP contribution in [0.2, 0.25) is 0 Å². The van der Waals surface area contributed by atoms with E-state index in [0.29, 0.717) is 0 Å². The Balaban J connectivity index is 2.02. The first kappa shape index (κ1) is 17.1. The van der Waals surface area contributed by atoms with Gasteiger partial charge in [0.15, 0.2) is 9.84 Å². The van der Waals surface area contributed by atoms with Crippen LogP contribution in [0.25, 0.3) is 0 Å². The number of aryl methyl sites for hydroxylation is 1. The molecule has 128 valence electrons. The molecule has 4 nitrogen and oxygen atoms in total. The normalized spacial score (nSPS) is 26.3. The van der Waals surface area contributed by atoms with Crippen LogP contribution in [0.1, 0.15) is 24.0 Å². The number of nitrogens with two attached hydrogens (primary N) is 1. The van der Waals surface area contributed by atoms with Crippen LogP contribution in [0.3, 0.4) is 0 Å². The molecule has 3 atom stereocenters. The molecule has 0 radical (unpaired) electrons. The number of sulfone groups is 1. The van der Waals surface area contributed by atoms with Crippen molar-refractivity contribution in [3.05, 3.63) is 65.7 Å². The van der Waals surface area contributed by atoms with Crippen LogP contribution in [0.5, 0.6) is 0 Å². The molecule has 1 aliphatic carbocycles. The lowest BCUT2D eigenvalue weighted by Crippen LogP contribution is -2.27. The fraction of sp³-hybridized carbons (Fsp3) is 0.368. The lowest BCUT2D eigenvalue weighted by Gasteiger charge is -2.12. The number of rotatable bonds is 6. The summed E-state index contributed by atoms with van der Waals surface area (Å²) in [6, 6.07) is 16.4. The largest absolute Gasteiger partial charge is 0.396 e. The van der Waals surface area contributed by atoms with Crippen molar-refractivity contribution in [2.24, 2.45) is 11.1 Å². The second-order valence-electron chi connectivity index (χ2n) is 6.45. The molecular formula is C19H23NO3S. The standard InChI is InChI=1S/C19H23NO3S/c1-2-14-8-10-15(11-9-14)17-18(19(17,12-20)13-21)24(22,23)16-6-4-3-5-7-16/h3-11,17-18,21H,2,12-13,20H2,1H3/t17-,18+,19-/m1/s1. The van der Waals surface area contributed by atoms with Crippen molar-refractivity contribution in [3.8, 4) is 0 Å². The fourth-order valence-electron chi connectivity index (χ4n) is 3.66. The minimum absolute atomic E-state index is 0.139. The summed E-state index contributed by atoms with van der Waals surface area (Å²) in [6.45, 7) is 1.98. The van der Waals surface area contributed by atoms with E-state index in [9.17, 15) is 13.5 Å². The van der Waals surface area contributed by atoms with Crippen molar-refractivity contribution in [1.29, 1.82) is 0 Å². The second kappa shape index (κ2) is 6.31. The summed E-state index contributed by atoms with van der Waals surface area (Å²) in [7, 11) is -3.55. The average molecular weight is 345 g/mol. The van der Waals surface area contributed by atoms with Crippen LogP contribution >= 0.6 is 0 Å². The van der Waals surface area contributed by atoms with Gasteiger partial charge in [0.25, 0.3) is 0 Å². The van der Waals surface area contributed by atoms with E-state index in [1.54, 1.807) is 30.3 Å². The topological polar surface area (TPSA) is 80.4 Å². The van der Waals surface area contributed by atoms with Gasteiger partial charge in [-0.05, 0) is 29.7 Å². The third-order valence-corrected chi connectivity index (χ3v) is 7.55. The Labute approximate surface area is 143 Å². The molecule has 1 fully saturated rings. The maximum Gasteiger partial charge on any atom is 0.182 e. The molecule has 1 saturated carbocycles. The molecule has 3 rings (SSSR count). The van der Waals surface area contributed by atoms with Gasteiger partial charge in [-0.2, -0.15) is 0 Å². The molecule has 0 unspecified atom stereocenters. The molecule has 2 aromatic rings. The third kappa shape index (κ3) is 2.57. The summed E-state index contributed by atoms with van der Waals surface area (Å²) < 4.78 is 26.1. The lowest BCUT2D eigenvalue weighted by atomic mass is 9.99. The molecular weight excluding hydrogens is 322 g/mol. The van der Waals surface area contributed by atoms with Crippen LogP contribution in [-0.2, 0) is 16.3 Å². The molecule has 0 bridgehead atoms. The van der Waals surface area contributed by atoms with E-state index in [1.165, 1.54) is 5.56 Å². The Kier molecular flexibility index (Phi) is 4.51. The second-order valence-corrected chi connectivity index (χ2v) is 8.52. The molecule has 0 aromatic heterocycles. The van der Waals surface area contributed by atoms with E-state index >= 15 is 0 Å². The smallest absolute Gasteiger partial charge is 0.182 e. The first-order chi connectivity index (χ1) is 11.5. The monoisotopic (exact) mass is 345 g/mol. The maximum atomic E-state index is 13.1. The fourth-order valence-corrected chi connectivity index (χ4v) is 6.13. The summed E-state index contributed by atoms with van der Waals surface area (Å²) >= 11 is 0. The van der Waals surface area contributed by atoms with Crippen LogP contribution in [0.15, 0.2) is 59.5 Å². The third-order valence-electron chi connectivity index (χ3n) is 5.21. The lowest BCUT2D eigenvalue weighted by molar-refractivity contribution is 0.212. The summed E-state index contributed by atoms with van der Waals surface area (Å²) in [4.78, 5) is 0.286. The molecule has 0 saturated heterocycles. The zero-order valence-electron chi connectivity index (χ0n) is 13.7. The van der Waals surface area contributed by atoms with Crippen LogP contribution < -0.4 is 5.73 Å². The van der Waals surface area contributed by atoms with Gasteiger partial charge in [-0.15, -0.1) is 0 Å². The highest BCUT2D eigenvalue weighted by atomic mass is 32.2. The van der Waals surface area contributed by atoms with Crippen LogP contribution in [-0.4, -0.2) is 31.9 Å². The maximum absolute atomic E-state index is 13.1.